The second-order valence-electron chi connectivity index (χ2n) is 2.52. The van der Waals surface area contributed by atoms with E-state index in [4.69, 9.17) is 10.5 Å². The molecule has 0 aliphatic carbocycles. The second kappa shape index (κ2) is 4.85. The summed E-state index contributed by atoms with van der Waals surface area (Å²) in [6.45, 7) is 3.87. The summed E-state index contributed by atoms with van der Waals surface area (Å²) in [5.41, 5.74) is 5.33. The van der Waals surface area contributed by atoms with Crippen LogP contribution >= 0.6 is 11.8 Å². The van der Waals surface area contributed by atoms with Gasteiger partial charge in [0, 0.05) is 0 Å². The van der Waals surface area contributed by atoms with Gasteiger partial charge >= 0.3 is 5.97 Å². The number of nitrogens with zero attached hydrogens (tertiary/aromatic N) is 2. The van der Waals surface area contributed by atoms with E-state index in [0.717, 1.165) is 0 Å². The molecule has 1 atom stereocenters. The van der Waals surface area contributed by atoms with Gasteiger partial charge in [-0.15, -0.1) is 5.10 Å². The van der Waals surface area contributed by atoms with Crippen molar-refractivity contribution in [3.63, 3.8) is 0 Å². The minimum Gasteiger partial charge on any atom is -0.465 e. The van der Waals surface area contributed by atoms with E-state index >= 15 is 0 Å². The Labute approximate surface area is 85.6 Å². The molecule has 78 valence electrons. The maximum Gasteiger partial charge on any atom is 0.319 e. The molecule has 0 aliphatic rings. The number of rotatable bonds is 4. The number of H-pyrrole nitrogens is 1. The minimum atomic E-state index is -0.329. The number of anilines is 1. The van der Waals surface area contributed by atoms with Crippen molar-refractivity contribution in [2.75, 3.05) is 12.3 Å². The predicted octanol–water partition coefficient (Wildman–Crippen LogP) is 0.431. The Kier molecular flexibility index (Phi) is 3.75. The van der Waals surface area contributed by atoms with E-state index in [1.807, 2.05) is 0 Å². The highest BCUT2D eigenvalue weighted by Gasteiger charge is 2.17. The number of nitrogens with one attached hydrogen (secondary N) is 1. The number of hydrogen-bond acceptors (Lipinski definition) is 6. The largest absolute Gasteiger partial charge is 0.465 e. The molecule has 7 heteroatoms. The number of carbonyl (C=O) groups is 1. The topological polar surface area (TPSA) is 93.9 Å². The van der Waals surface area contributed by atoms with Crippen LogP contribution in [-0.2, 0) is 9.53 Å². The normalized spacial score (nSPS) is 12.4. The zero-order valence-corrected chi connectivity index (χ0v) is 8.80. The van der Waals surface area contributed by atoms with Gasteiger partial charge in [-0.25, -0.2) is 5.10 Å². The Hall–Kier alpha value is -1.24. The standard InChI is InChI=1S/C7H12N4O2S/c1-3-13-5(12)4(2)14-7-9-6(8)10-11-7/h4H,3H2,1-2H3,(H3,8,9,10,11)/t4-/m1/s1. The molecule has 0 aliphatic heterocycles. The fraction of sp³-hybridized carbons (Fsp3) is 0.571. The third kappa shape index (κ3) is 2.91. The van der Waals surface area contributed by atoms with Crippen LogP contribution in [0.5, 0.6) is 0 Å². The third-order valence-corrected chi connectivity index (χ3v) is 2.32. The highest BCUT2D eigenvalue weighted by atomic mass is 32.2. The van der Waals surface area contributed by atoms with E-state index in [1.165, 1.54) is 11.8 Å². The average molecular weight is 216 g/mol. The summed E-state index contributed by atoms with van der Waals surface area (Å²) < 4.78 is 4.83. The quantitative estimate of drug-likeness (QED) is 0.560. The molecule has 0 amide bonds. The van der Waals surface area contributed by atoms with Gasteiger partial charge in [-0.2, -0.15) is 4.98 Å². The smallest absolute Gasteiger partial charge is 0.319 e. The molecule has 1 aromatic rings. The van der Waals surface area contributed by atoms with Crippen molar-refractivity contribution in [1.82, 2.24) is 15.2 Å². The Morgan fingerprint density at radius 2 is 2.50 bits per heavy atom. The van der Waals surface area contributed by atoms with Gasteiger partial charge in [0.1, 0.15) is 5.25 Å². The van der Waals surface area contributed by atoms with Crippen LogP contribution in [0.3, 0.4) is 0 Å². The molecule has 0 fully saturated rings. The van der Waals surface area contributed by atoms with E-state index in [-0.39, 0.29) is 17.2 Å². The number of hydrogen-bond donors (Lipinski definition) is 2. The summed E-state index contributed by atoms with van der Waals surface area (Å²) in [7, 11) is 0. The molecule has 1 aromatic heterocycles. The number of ether oxygens (including phenoxy) is 1. The second-order valence-corrected chi connectivity index (χ2v) is 3.82. The van der Waals surface area contributed by atoms with E-state index in [0.29, 0.717) is 11.8 Å². The fourth-order valence-corrected chi connectivity index (χ4v) is 1.51. The number of thioether (sulfide) groups is 1. The lowest BCUT2D eigenvalue weighted by atomic mass is 10.5. The number of esters is 1. The van der Waals surface area contributed by atoms with Gasteiger partial charge < -0.3 is 10.5 Å². The molecule has 0 saturated carbocycles. The van der Waals surface area contributed by atoms with Crippen molar-refractivity contribution >= 4 is 23.7 Å². The zero-order chi connectivity index (χ0) is 10.6. The van der Waals surface area contributed by atoms with Crippen LogP contribution in [0.4, 0.5) is 5.95 Å². The van der Waals surface area contributed by atoms with Crippen molar-refractivity contribution in [3.8, 4) is 0 Å². The molecule has 3 N–H and O–H groups in total. The van der Waals surface area contributed by atoms with E-state index in [1.54, 1.807) is 13.8 Å². The van der Waals surface area contributed by atoms with Crippen molar-refractivity contribution < 1.29 is 9.53 Å². The Bertz CT molecular complexity index is 314. The summed E-state index contributed by atoms with van der Waals surface area (Å²) in [4.78, 5) is 15.1. The first-order chi connectivity index (χ1) is 6.63. The summed E-state index contributed by atoms with van der Waals surface area (Å²) in [6, 6.07) is 0. The fourth-order valence-electron chi connectivity index (χ4n) is 0.777. The van der Waals surface area contributed by atoms with Gasteiger partial charge in [-0.05, 0) is 13.8 Å². The minimum absolute atomic E-state index is 0.239. The molecule has 1 heterocycles. The maximum atomic E-state index is 11.2. The van der Waals surface area contributed by atoms with Crippen LogP contribution < -0.4 is 5.73 Å². The van der Waals surface area contributed by atoms with E-state index in [2.05, 4.69) is 15.2 Å². The van der Waals surface area contributed by atoms with Gasteiger partial charge in [0.15, 0.2) is 0 Å². The number of aromatic nitrogens is 3. The molecular formula is C7H12N4O2S. The lowest BCUT2D eigenvalue weighted by molar-refractivity contribution is -0.142. The number of carbonyl (C=O) groups excluding carboxylic acids is 1. The molecule has 0 radical (unpaired) electrons. The number of aromatic amines is 1. The molecule has 6 nitrogen and oxygen atoms in total. The Balaban J connectivity index is 2.48. The summed E-state index contributed by atoms with van der Waals surface area (Å²) in [5, 5.41) is 6.40. The highest BCUT2D eigenvalue weighted by molar-refractivity contribution is 8.00. The van der Waals surface area contributed by atoms with Crippen LogP contribution in [0, 0.1) is 0 Å². The number of nitrogens with two attached hydrogens (primary N) is 1. The predicted molar refractivity (Wildman–Crippen MR) is 52.7 cm³/mol. The summed E-state index contributed by atoms with van der Waals surface area (Å²) >= 11 is 1.20. The van der Waals surface area contributed by atoms with E-state index < -0.39 is 0 Å². The molecule has 0 aromatic carbocycles. The summed E-state index contributed by atoms with van der Waals surface area (Å²) in [6.07, 6.45) is 0. The van der Waals surface area contributed by atoms with Crippen LogP contribution in [0.2, 0.25) is 0 Å². The third-order valence-electron chi connectivity index (χ3n) is 1.38. The first kappa shape index (κ1) is 10.8. The number of nitrogen functional groups attached to an aromatic ring is 1. The van der Waals surface area contributed by atoms with Crippen LogP contribution in [0.25, 0.3) is 0 Å². The Morgan fingerprint density at radius 3 is 3.00 bits per heavy atom. The van der Waals surface area contributed by atoms with Crippen LogP contribution in [0.15, 0.2) is 5.16 Å². The molecule has 14 heavy (non-hydrogen) atoms. The van der Waals surface area contributed by atoms with Crippen molar-refractivity contribution in [1.29, 1.82) is 0 Å². The lowest BCUT2D eigenvalue weighted by Crippen LogP contribution is -2.16. The molecule has 1 rings (SSSR count). The van der Waals surface area contributed by atoms with Gasteiger partial charge in [0.05, 0.1) is 6.61 Å². The molecule has 0 unspecified atom stereocenters. The Morgan fingerprint density at radius 1 is 1.79 bits per heavy atom. The van der Waals surface area contributed by atoms with E-state index in [9.17, 15) is 4.79 Å². The molecular weight excluding hydrogens is 204 g/mol. The molecule has 0 saturated heterocycles. The van der Waals surface area contributed by atoms with Crippen molar-refractivity contribution in [3.05, 3.63) is 0 Å². The highest BCUT2D eigenvalue weighted by Crippen LogP contribution is 2.20. The van der Waals surface area contributed by atoms with Crippen LogP contribution in [-0.4, -0.2) is 33.0 Å². The first-order valence-electron chi connectivity index (χ1n) is 4.14. The van der Waals surface area contributed by atoms with Crippen molar-refractivity contribution in [2.24, 2.45) is 0 Å². The van der Waals surface area contributed by atoms with Gasteiger partial charge in [-0.3, -0.25) is 4.79 Å². The van der Waals surface area contributed by atoms with Gasteiger partial charge in [0.25, 0.3) is 0 Å². The molecule has 0 spiro atoms. The molecule has 0 bridgehead atoms. The van der Waals surface area contributed by atoms with Crippen molar-refractivity contribution in [2.45, 2.75) is 24.3 Å². The van der Waals surface area contributed by atoms with Crippen LogP contribution in [0.1, 0.15) is 13.8 Å². The first-order valence-corrected chi connectivity index (χ1v) is 5.02. The lowest BCUT2D eigenvalue weighted by Gasteiger charge is -2.06. The maximum absolute atomic E-state index is 11.2. The SMILES string of the molecule is CCOC(=O)[C@@H](C)Sc1n[nH]c(N)n1. The average Bonchev–Trinajstić information content (AvgIpc) is 2.51. The van der Waals surface area contributed by atoms with Gasteiger partial charge in [0.2, 0.25) is 11.1 Å². The monoisotopic (exact) mass is 216 g/mol. The zero-order valence-electron chi connectivity index (χ0n) is 7.98. The van der Waals surface area contributed by atoms with Gasteiger partial charge in [-0.1, -0.05) is 11.8 Å². The summed E-state index contributed by atoms with van der Waals surface area (Å²) in [5.74, 6) is -0.0376.